The van der Waals surface area contributed by atoms with Crippen molar-refractivity contribution in [3.05, 3.63) is 33.8 Å². The summed E-state index contributed by atoms with van der Waals surface area (Å²) in [5.41, 5.74) is 1.36. The summed E-state index contributed by atoms with van der Waals surface area (Å²) in [5.74, 6) is -0.281. The van der Waals surface area contributed by atoms with E-state index in [1.165, 1.54) is 7.11 Å². The lowest BCUT2D eigenvalue weighted by Crippen LogP contribution is -2.08. The van der Waals surface area contributed by atoms with E-state index in [2.05, 4.69) is 36.6 Å². The van der Waals surface area contributed by atoms with Crippen molar-refractivity contribution in [1.82, 2.24) is 0 Å². The molecule has 0 saturated carbocycles. The monoisotopic (exact) mass is 362 g/mol. The fourth-order valence-electron chi connectivity index (χ4n) is 1.38. The van der Waals surface area contributed by atoms with Crippen molar-refractivity contribution in [2.75, 3.05) is 12.4 Å². The first-order valence-electron chi connectivity index (χ1n) is 5.03. The van der Waals surface area contributed by atoms with Crippen LogP contribution in [0.2, 0.25) is 0 Å². The summed E-state index contributed by atoms with van der Waals surface area (Å²) in [6.07, 6.45) is 0.590. The number of carbonyl (C=O) groups excluding carboxylic acids is 2. The van der Waals surface area contributed by atoms with Gasteiger partial charge in [0, 0.05) is 21.8 Å². The van der Waals surface area contributed by atoms with Crippen molar-refractivity contribution < 1.29 is 14.3 Å². The van der Waals surface area contributed by atoms with E-state index in [9.17, 15) is 9.59 Å². The van der Waals surface area contributed by atoms with Crippen LogP contribution >= 0.6 is 31.9 Å². The maximum atomic E-state index is 11.8. The molecule has 0 radical (unpaired) electrons. The molecule has 0 bridgehead atoms. The zero-order valence-electron chi connectivity index (χ0n) is 9.33. The number of ketones is 1. The summed E-state index contributed by atoms with van der Waals surface area (Å²) in [4.78, 5) is 23.0. The van der Waals surface area contributed by atoms with Gasteiger partial charge >= 0.3 is 5.97 Å². The molecule has 0 aliphatic heterocycles. The van der Waals surface area contributed by atoms with E-state index in [0.29, 0.717) is 21.8 Å². The molecule has 0 aliphatic rings. The van der Waals surface area contributed by atoms with Crippen LogP contribution in [-0.2, 0) is 16.0 Å². The number of benzene rings is 1. The Labute approximate surface area is 117 Å². The van der Waals surface area contributed by atoms with Gasteiger partial charge in [0.05, 0.1) is 13.5 Å². The second-order valence-corrected chi connectivity index (χ2v) is 4.98. The number of alkyl halides is 1. The number of halogens is 2. The second-order valence-electron chi connectivity index (χ2n) is 3.39. The Balaban J connectivity index is 2.98. The minimum Gasteiger partial charge on any atom is -0.469 e. The van der Waals surface area contributed by atoms with Gasteiger partial charge in [0.25, 0.3) is 0 Å². The molecule has 0 aliphatic carbocycles. The smallest absolute Gasteiger partial charge is 0.310 e. The normalized spacial score (nSPS) is 10.1. The van der Waals surface area contributed by atoms with E-state index in [1.54, 1.807) is 18.2 Å². The zero-order chi connectivity index (χ0) is 12.8. The predicted octanol–water partition coefficient (Wildman–Crippen LogP) is 3.13. The number of carbonyl (C=O) groups is 2. The van der Waals surface area contributed by atoms with Crippen LogP contribution in [0.4, 0.5) is 0 Å². The molecule has 0 saturated heterocycles. The first-order chi connectivity index (χ1) is 8.10. The van der Waals surface area contributed by atoms with Crippen LogP contribution < -0.4 is 0 Å². The van der Waals surface area contributed by atoms with E-state index in [4.69, 9.17) is 0 Å². The summed E-state index contributed by atoms with van der Waals surface area (Å²) in [6.45, 7) is 0. The van der Waals surface area contributed by atoms with Crippen molar-refractivity contribution in [2.24, 2.45) is 0 Å². The van der Waals surface area contributed by atoms with E-state index < -0.39 is 0 Å². The number of methoxy groups -OCH3 is 1. The van der Waals surface area contributed by atoms with Gasteiger partial charge in [-0.3, -0.25) is 9.59 Å². The number of hydrogen-bond donors (Lipinski definition) is 0. The first kappa shape index (κ1) is 14.4. The Morgan fingerprint density at radius 1 is 1.35 bits per heavy atom. The molecule has 17 heavy (non-hydrogen) atoms. The molecule has 0 heterocycles. The van der Waals surface area contributed by atoms with Crippen LogP contribution in [0.3, 0.4) is 0 Å². The number of esters is 1. The zero-order valence-corrected chi connectivity index (χ0v) is 12.5. The average molecular weight is 364 g/mol. The van der Waals surface area contributed by atoms with Crippen molar-refractivity contribution >= 4 is 43.6 Å². The highest BCUT2D eigenvalue weighted by atomic mass is 79.9. The van der Waals surface area contributed by atoms with Gasteiger partial charge in [0.15, 0.2) is 5.78 Å². The van der Waals surface area contributed by atoms with Gasteiger partial charge < -0.3 is 4.74 Å². The van der Waals surface area contributed by atoms with Crippen LogP contribution in [0, 0.1) is 0 Å². The minimum absolute atomic E-state index is 0.0421. The van der Waals surface area contributed by atoms with Gasteiger partial charge in [-0.05, 0) is 21.5 Å². The molecule has 0 spiro atoms. The molecule has 1 aromatic carbocycles. The van der Waals surface area contributed by atoms with Crippen LogP contribution in [0.25, 0.3) is 0 Å². The highest BCUT2D eigenvalue weighted by Crippen LogP contribution is 2.24. The fraction of sp³-hybridized carbons (Fsp3) is 0.333. The molecule has 0 fully saturated rings. The molecule has 92 valence electrons. The van der Waals surface area contributed by atoms with Crippen molar-refractivity contribution in [3.63, 3.8) is 0 Å². The van der Waals surface area contributed by atoms with Crippen LogP contribution in [-0.4, -0.2) is 24.2 Å². The Kier molecular flexibility index (Phi) is 5.85. The quantitative estimate of drug-likeness (QED) is 0.458. The molecule has 5 heteroatoms. The van der Waals surface area contributed by atoms with Gasteiger partial charge in [0.2, 0.25) is 0 Å². The third-order valence-electron chi connectivity index (χ3n) is 2.26. The summed E-state index contributed by atoms with van der Waals surface area (Å²) in [5, 5.41) is 0.625. The lowest BCUT2D eigenvalue weighted by molar-refractivity contribution is -0.139. The molecule has 0 unspecified atom stereocenters. The SMILES string of the molecule is COC(=O)Cc1cccc(C(=O)CCBr)c1Br. The number of Topliss-reactive ketones (excluding diaryl/α,β-unsaturated/α-hetero) is 1. The Morgan fingerprint density at radius 2 is 2.06 bits per heavy atom. The predicted molar refractivity (Wildman–Crippen MR) is 72.6 cm³/mol. The molecule has 0 amide bonds. The van der Waals surface area contributed by atoms with E-state index >= 15 is 0 Å². The van der Waals surface area contributed by atoms with Gasteiger partial charge in [-0.1, -0.05) is 34.1 Å². The molecule has 0 atom stereocenters. The number of rotatable bonds is 5. The highest BCUT2D eigenvalue weighted by Gasteiger charge is 2.14. The standard InChI is InChI=1S/C12H12Br2O3/c1-17-11(16)7-8-3-2-4-9(12(8)14)10(15)5-6-13/h2-4H,5-7H2,1H3. The Hall–Kier alpha value is -0.680. The third kappa shape index (κ3) is 3.92. The van der Waals surface area contributed by atoms with E-state index in [-0.39, 0.29) is 18.2 Å². The largest absolute Gasteiger partial charge is 0.469 e. The van der Waals surface area contributed by atoms with Crippen LogP contribution in [0.5, 0.6) is 0 Å². The molecule has 1 rings (SSSR count). The lowest BCUT2D eigenvalue weighted by Gasteiger charge is -2.07. The molecule has 0 aromatic heterocycles. The first-order valence-corrected chi connectivity index (χ1v) is 6.95. The lowest BCUT2D eigenvalue weighted by atomic mass is 10.0. The van der Waals surface area contributed by atoms with Crippen molar-refractivity contribution in [3.8, 4) is 0 Å². The third-order valence-corrected chi connectivity index (χ3v) is 3.60. The van der Waals surface area contributed by atoms with E-state index in [0.717, 1.165) is 5.56 Å². The highest BCUT2D eigenvalue weighted by molar-refractivity contribution is 9.10. The molecule has 3 nitrogen and oxygen atoms in total. The van der Waals surface area contributed by atoms with E-state index in [1.807, 2.05) is 0 Å². The number of hydrogen-bond acceptors (Lipinski definition) is 3. The van der Waals surface area contributed by atoms with Gasteiger partial charge in [0.1, 0.15) is 0 Å². The summed E-state index contributed by atoms with van der Waals surface area (Å²) in [6, 6.07) is 5.31. The van der Waals surface area contributed by atoms with Gasteiger partial charge in [-0.25, -0.2) is 0 Å². The van der Waals surface area contributed by atoms with Gasteiger partial charge in [-0.2, -0.15) is 0 Å². The Bertz CT molecular complexity index is 430. The summed E-state index contributed by atoms with van der Waals surface area (Å²) < 4.78 is 5.28. The second kappa shape index (κ2) is 6.91. The summed E-state index contributed by atoms with van der Waals surface area (Å²) in [7, 11) is 1.34. The maximum absolute atomic E-state index is 11.8. The maximum Gasteiger partial charge on any atom is 0.310 e. The van der Waals surface area contributed by atoms with Crippen LogP contribution in [0.1, 0.15) is 22.3 Å². The minimum atomic E-state index is -0.323. The van der Waals surface area contributed by atoms with Crippen LogP contribution in [0.15, 0.2) is 22.7 Å². The van der Waals surface area contributed by atoms with Gasteiger partial charge in [-0.15, -0.1) is 0 Å². The molecular weight excluding hydrogens is 352 g/mol. The van der Waals surface area contributed by atoms with Crippen molar-refractivity contribution in [1.29, 1.82) is 0 Å². The average Bonchev–Trinajstić information content (AvgIpc) is 2.32. The topological polar surface area (TPSA) is 43.4 Å². The molecular formula is C12H12Br2O3. The fourth-order valence-corrected chi connectivity index (χ4v) is 2.37. The number of ether oxygens (including phenoxy) is 1. The molecule has 0 N–H and O–H groups in total. The van der Waals surface area contributed by atoms with Crippen molar-refractivity contribution in [2.45, 2.75) is 12.8 Å². The summed E-state index contributed by atoms with van der Waals surface area (Å²) >= 11 is 6.60. The molecule has 1 aromatic rings. The Morgan fingerprint density at radius 3 is 2.65 bits per heavy atom.